The number of aromatic nitrogens is 3. The predicted octanol–water partition coefficient (Wildman–Crippen LogP) is 3.44. The third-order valence-electron chi connectivity index (χ3n) is 2.81. The van der Waals surface area contributed by atoms with E-state index in [0.717, 1.165) is 45.5 Å². The van der Waals surface area contributed by atoms with Crippen LogP contribution in [-0.2, 0) is 5.75 Å². The molecule has 2 aromatic rings. The first kappa shape index (κ1) is 13.5. The molecule has 0 aromatic carbocycles. The van der Waals surface area contributed by atoms with Crippen molar-refractivity contribution in [3.63, 3.8) is 0 Å². The summed E-state index contributed by atoms with van der Waals surface area (Å²) < 4.78 is 4.22. The average molecular weight is 357 g/mol. The fraction of sp³-hybridized carbons (Fsp3) is 0.417. The standard InChI is InChI=1S/C12H13BrN4S2/c1-7-5-8(2)17-10(13)9(16-11(17)15-7)6-19-12-14-3-4-18-12/h5H,3-4,6H2,1-2H3. The topological polar surface area (TPSA) is 42.5 Å². The number of rotatable bonds is 2. The van der Waals surface area contributed by atoms with Crippen LogP contribution in [0.4, 0.5) is 0 Å². The van der Waals surface area contributed by atoms with Gasteiger partial charge < -0.3 is 0 Å². The van der Waals surface area contributed by atoms with Gasteiger partial charge in [0.15, 0.2) is 0 Å². The summed E-state index contributed by atoms with van der Waals surface area (Å²) in [4.78, 5) is 13.5. The van der Waals surface area contributed by atoms with Crippen molar-refractivity contribution in [3.05, 3.63) is 27.8 Å². The highest BCUT2D eigenvalue weighted by atomic mass is 79.9. The third-order valence-corrected chi connectivity index (χ3v) is 5.88. The van der Waals surface area contributed by atoms with E-state index in [2.05, 4.69) is 43.9 Å². The predicted molar refractivity (Wildman–Crippen MR) is 86.2 cm³/mol. The largest absolute Gasteiger partial charge is 0.275 e. The van der Waals surface area contributed by atoms with Crippen molar-refractivity contribution < 1.29 is 0 Å². The van der Waals surface area contributed by atoms with E-state index >= 15 is 0 Å². The van der Waals surface area contributed by atoms with Crippen molar-refractivity contribution in [3.8, 4) is 0 Å². The highest BCUT2D eigenvalue weighted by molar-refractivity contribution is 9.10. The minimum absolute atomic E-state index is 0.765. The number of nitrogens with zero attached hydrogens (tertiary/aromatic N) is 4. The molecule has 3 rings (SSSR count). The lowest BCUT2D eigenvalue weighted by molar-refractivity contribution is 0.996. The zero-order valence-corrected chi connectivity index (χ0v) is 13.9. The first-order valence-electron chi connectivity index (χ1n) is 5.96. The zero-order chi connectivity index (χ0) is 13.4. The molecule has 2 aromatic heterocycles. The molecule has 0 saturated carbocycles. The Morgan fingerprint density at radius 3 is 3.00 bits per heavy atom. The van der Waals surface area contributed by atoms with E-state index in [4.69, 9.17) is 0 Å². The molecule has 0 N–H and O–H groups in total. The lowest BCUT2D eigenvalue weighted by Crippen LogP contribution is -1.96. The number of aliphatic imine (C=N–C) groups is 1. The smallest absolute Gasteiger partial charge is 0.235 e. The summed E-state index contributed by atoms with van der Waals surface area (Å²) in [5.41, 5.74) is 3.17. The van der Waals surface area contributed by atoms with Gasteiger partial charge >= 0.3 is 0 Å². The van der Waals surface area contributed by atoms with Gasteiger partial charge in [-0.2, -0.15) is 0 Å². The molecule has 0 amide bonds. The molecule has 4 nitrogen and oxygen atoms in total. The van der Waals surface area contributed by atoms with Gasteiger partial charge in [-0.1, -0.05) is 23.5 Å². The number of imidazole rings is 1. The lowest BCUT2D eigenvalue weighted by Gasteiger charge is -2.02. The molecule has 1 aliphatic rings. The van der Waals surface area contributed by atoms with Crippen LogP contribution >= 0.6 is 39.5 Å². The van der Waals surface area contributed by atoms with Gasteiger partial charge in [-0.25, -0.2) is 9.97 Å². The fourth-order valence-electron chi connectivity index (χ4n) is 2.00. The van der Waals surface area contributed by atoms with Crippen LogP contribution in [-0.4, -0.2) is 31.0 Å². The van der Waals surface area contributed by atoms with Crippen molar-refractivity contribution in [1.82, 2.24) is 14.4 Å². The van der Waals surface area contributed by atoms with Gasteiger partial charge in [0.2, 0.25) is 5.78 Å². The molecule has 0 unspecified atom stereocenters. The van der Waals surface area contributed by atoms with Crippen LogP contribution in [0.15, 0.2) is 15.7 Å². The molecule has 1 aliphatic heterocycles. The van der Waals surface area contributed by atoms with E-state index in [0.29, 0.717) is 0 Å². The van der Waals surface area contributed by atoms with Crippen molar-refractivity contribution in [2.75, 3.05) is 12.3 Å². The number of aryl methyl sites for hydroxylation is 2. The molecule has 0 saturated heterocycles. The molecule has 0 radical (unpaired) electrons. The third kappa shape index (κ3) is 2.68. The molecule has 7 heteroatoms. The van der Waals surface area contributed by atoms with E-state index < -0.39 is 0 Å². The quantitative estimate of drug-likeness (QED) is 0.826. The Bertz CT molecular complexity index is 665. The van der Waals surface area contributed by atoms with Crippen molar-refractivity contribution in [2.45, 2.75) is 19.6 Å². The van der Waals surface area contributed by atoms with Crippen LogP contribution in [0.2, 0.25) is 0 Å². The molecule has 0 aliphatic carbocycles. The van der Waals surface area contributed by atoms with Gasteiger partial charge in [0, 0.05) is 22.9 Å². The summed E-state index contributed by atoms with van der Waals surface area (Å²) in [5, 5.41) is 0. The molecule has 0 bridgehead atoms. The van der Waals surface area contributed by atoms with Crippen molar-refractivity contribution in [2.24, 2.45) is 4.99 Å². The highest BCUT2D eigenvalue weighted by Crippen LogP contribution is 2.28. The molecule has 0 fully saturated rings. The van der Waals surface area contributed by atoms with E-state index in [1.54, 1.807) is 11.8 Å². The lowest BCUT2D eigenvalue weighted by atomic mass is 10.3. The summed E-state index contributed by atoms with van der Waals surface area (Å²) in [6.45, 7) is 5.01. The van der Waals surface area contributed by atoms with Gasteiger partial charge in [0.05, 0.1) is 12.2 Å². The van der Waals surface area contributed by atoms with E-state index in [1.807, 2.05) is 23.1 Å². The Kier molecular flexibility index (Phi) is 3.86. The average Bonchev–Trinajstić information content (AvgIpc) is 2.95. The van der Waals surface area contributed by atoms with Gasteiger partial charge in [0.1, 0.15) is 8.98 Å². The van der Waals surface area contributed by atoms with Gasteiger partial charge in [-0.3, -0.25) is 9.39 Å². The van der Waals surface area contributed by atoms with E-state index in [9.17, 15) is 0 Å². The molecule has 19 heavy (non-hydrogen) atoms. The second-order valence-corrected chi connectivity index (χ2v) is 7.37. The number of hydrogen-bond acceptors (Lipinski definition) is 5. The maximum atomic E-state index is 4.61. The molecule has 3 heterocycles. The fourth-order valence-corrected chi connectivity index (χ4v) is 4.80. The Morgan fingerprint density at radius 2 is 2.26 bits per heavy atom. The summed E-state index contributed by atoms with van der Waals surface area (Å²) >= 11 is 7.22. The summed E-state index contributed by atoms with van der Waals surface area (Å²) in [7, 11) is 0. The van der Waals surface area contributed by atoms with E-state index in [1.165, 1.54) is 4.38 Å². The molecular weight excluding hydrogens is 344 g/mol. The number of hydrogen-bond donors (Lipinski definition) is 0. The first-order chi connectivity index (χ1) is 9.15. The van der Waals surface area contributed by atoms with Crippen LogP contribution < -0.4 is 0 Å². The minimum Gasteiger partial charge on any atom is -0.275 e. The number of thioether (sulfide) groups is 2. The Balaban J connectivity index is 1.91. The summed E-state index contributed by atoms with van der Waals surface area (Å²) in [5.74, 6) is 2.70. The summed E-state index contributed by atoms with van der Waals surface area (Å²) in [6, 6.07) is 2.06. The van der Waals surface area contributed by atoms with Gasteiger partial charge in [-0.15, -0.1) is 0 Å². The normalized spacial score (nSPS) is 15.2. The Labute approximate surface area is 128 Å². The van der Waals surface area contributed by atoms with Crippen LogP contribution in [0.25, 0.3) is 5.78 Å². The Morgan fingerprint density at radius 1 is 1.42 bits per heavy atom. The van der Waals surface area contributed by atoms with Gasteiger partial charge in [-0.05, 0) is 35.8 Å². The van der Waals surface area contributed by atoms with Crippen LogP contribution in [0.3, 0.4) is 0 Å². The highest BCUT2D eigenvalue weighted by Gasteiger charge is 2.15. The maximum Gasteiger partial charge on any atom is 0.235 e. The molecular formula is C12H13BrN4S2. The monoisotopic (exact) mass is 356 g/mol. The zero-order valence-electron chi connectivity index (χ0n) is 10.7. The molecule has 0 spiro atoms. The minimum atomic E-state index is 0.765. The van der Waals surface area contributed by atoms with Crippen LogP contribution in [0.5, 0.6) is 0 Å². The number of fused-ring (bicyclic) bond motifs is 1. The van der Waals surface area contributed by atoms with Gasteiger partial charge in [0.25, 0.3) is 0 Å². The molecule has 0 atom stereocenters. The summed E-state index contributed by atoms with van der Waals surface area (Å²) in [6.07, 6.45) is 0. The van der Waals surface area contributed by atoms with Crippen molar-refractivity contribution in [1.29, 1.82) is 0 Å². The second-order valence-electron chi connectivity index (χ2n) is 4.31. The SMILES string of the molecule is Cc1cc(C)n2c(Br)c(CSC3=NCCS3)nc2n1. The molecule has 100 valence electrons. The first-order valence-corrected chi connectivity index (χ1v) is 8.72. The van der Waals surface area contributed by atoms with Crippen LogP contribution in [0.1, 0.15) is 17.1 Å². The van der Waals surface area contributed by atoms with Crippen LogP contribution in [0, 0.1) is 13.8 Å². The Hall–Kier alpha value is -0.530. The maximum absolute atomic E-state index is 4.61. The van der Waals surface area contributed by atoms with Crippen molar-refractivity contribution >= 4 is 49.6 Å². The second kappa shape index (κ2) is 5.46. The van der Waals surface area contributed by atoms with E-state index in [-0.39, 0.29) is 0 Å². The number of halogens is 1.